The summed E-state index contributed by atoms with van der Waals surface area (Å²) in [5.74, 6) is -0.182. The van der Waals surface area contributed by atoms with Crippen LogP contribution in [0.15, 0.2) is 53.0 Å². The zero-order valence-corrected chi connectivity index (χ0v) is 14.3. The fraction of sp³-hybridized carbons (Fsp3) is 0.176. The summed E-state index contributed by atoms with van der Waals surface area (Å²) in [5, 5.41) is 2.77. The van der Waals surface area contributed by atoms with Crippen molar-refractivity contribution in [3.05, 3.63) is 58.6 Å². The molecule has 23 heavy (non-hydrogen) atoms. The average molecular weight is 378 g/mol. The van der Waals surface area contributed by atoms with E-state index in [4.69, 9.17) is 4.74 Å². The maximum absolute atomic E-state index is 12.1. The van der Waals surface area contributed by atoms with Crippen molar-refractivity contribution in [3.63, 3.8) is 0 Å². The quantitative estimate of drug-likeness (QED) is 0.807. The summed E-state index contributed by atoms with van der Waals surface area (Å²) in [6.45, 7) is 1.66. The van der Waals surface area contributed by atoms with Gasteiger partial charge in [0, 0.05) is 10.2 Å². The summed E-state index contributed by atoms with van der Waals surface area (Å²) in [5.41, 5.74) is 1.11. The minimum Gasteiger partial charge on any atom is -0.481 e. The van der Waals surface area contributed by atoms with Crippen molar-refractivity contribution in [1.82, 2.24) is 0 Å². The molecule has 2 rings (SSSR count). The van der Waals surface area contributed by atoms with Gasteiger partial charge < -0.3 is 14.8 Å². The number of carbonyl (C=O) groups excluding carboxylic acids is 2. The Bertz CT molecular complexity index is 683. The van der Waals surface area contributed by atoms with E-state index in [9.17, 15) is 9.59 Å². The maximum atomic E-state index is 12.1. The number of carbonyl (C=O) groups is 2. The van der Waals surface area contributed by atoms with Crippen molar-refractivity contribution in [2.75, 3.05) is 12.4 Å². The van der Waals surface area contributed by atoms with Crippen molar-refractivity contribution in [1.29, 1.82) is 0 Å². The van der Waals surface area contributed by atoms with Crippen molar-refractivity contribution >= 4 is 33.5 Å². The molecule has 0 spiro atoms. The van der Waals surface area contributed by atoms with Gasteiger partial charge in [-0.1, -0.05) is 15.9 Å². The molecule has 1 atom stereocenters. The van der Waals surface area contributed by atoms with Crippen LogP contribution in [-0.2, 0) is 9.53 Å². The summed E-state index contributed by atoms with van der Waals surface area (Å²) >= 11 is 3.34. The number of rotatable bonds is 5. The molecule has 0 aliphatic rings. The monoisotopic (exact) mass is 377 g/mol. The molecule has 120 valence electrons. The van der Waals surface area contributed by atoms with Crippen LogP contribution in [0.1, 0.15) is 17.3 Å². The molecule has 2 aromatic carbocycles. The van der Waals surface area contributed by atoms with Crippen LogP contribution in [0.2, 0.25) is 0 Å². The van der Waals surface area contributed by atoms with Gasteiger partial charge in [-0.05, 0) is 55.5 Å². The molecular weight excluding hydrogens is 362 g/mol. The third kappa shape index (κ3) is 4.82. The molecule has 0 saturated carbocycles. The highest BCUT2D eigenvalue weighted by Gasteiger charge is 2.15. The number of hydrogen-bond donors (Lipinski definition) is 1. The third-order valence-electron chi connectivity index (χ3n) is 3.07. The van der Waals surface area contributed by atoms with Crippen LogP contribution in [0.4, 0.5) is 5.69 Å². The molecule has 1 N–H and O–H groups in total. The molecule has 2 aromatic rings. The van der Waals surface area contributed by atoms with E-state index in [2.05, 4.69) is 26.0 Å². The first kappa shape index (κ1) is 17.0. The van der Waals surface area contributed by atoms with E-state index in [1.54, 1.807) is 43.3 Å². The van der Waals surface area contributed by atoms with Crippen LogP contribution in [0.5, 0.6) is 5.75 Å². The zero-order valence-electron chi connectivity index (χ0n) is 12.7. The summed E-state index contributed by atoms with van der Waals surface area (Å²) in [6.07, 6.45) is -0.678. The van der Waals surface area contributed by atoms with Gasteiger partial charge in [0.25, 0.3) is 5.91 Å². The number of amides is 1. The Hall–Kier alpha value is -2.34. The van der Waals surface area contributed by atoms with Crippen molar-refractivity contribution < 1.29 is 19.1 Å². The Kier molecular flexibility index (Phi) is 5.76. The van der Waals surface area contributed by atoms with E-state index in [0.717, 1.165) is 4.47 Å². The summed E-state index contributed by atoms with van der Waals surface area (Å²) < 4.78 is 11.1. The minimum absolute atomic E-state index is 0.260. The number of hydrogen-bond acceptors (Lipinski definition) is 4. The second kappa shape index (κ2) is 7.78. The predicted molar refractivity (Wildman–Crippen MR) is 90.6 cm³/mol. The zero-order chi connectivity index (χ0) is 16.8. The third-order valence-corrected chi connectivity index (χ3v) is 3.60. The van der Waals surface area contributed by atoms with E-state index < -0.39 is 12.1 Å². The maximum Gasteiger partial charge on any atom is 0.337 e. The Morgan fingerprint density at radius 3 is 2.22 bits per heavy atom. The van der Waals surface area contributed by atoms with Gasteiger partial charge in [-0.25, -0.2) is 4.79 Å². The van der Waals surface area contributed by atoms with Gasteiger partial charge in [-0.15, -0.1) is 0 Å². The lowest BCUT2D eigenvalue weighted by molar-refractivity contribution is -0.122. The second-order valence-corrected chi connectivity index (χ2v) is 5.69. The molecule has 5 nitrogen and oxygen atoms in total. The number of esters is 1. The van der Waals surface area contributed by atoms with Gasteiger partial charge in [0.05, 0.1) is 12.7 Å². The van der Waals surface area contributed by atoms with Gasteiger partial charge in [-0.3, -0.25) is 4.79 Å². The second-order valence-electron chi connectivity index (χ2n) is 4.77. The fourth-order valence-corrected chi connectivity index (χ4v) is 2.09. The molecule has 0 saturated heterocycles. The van der Waals surface area contributed by atoms with E-state index >= 15 is 0 Å². The van der Waals surface area contributed by atoms with E-state index in [1.807, 2.05) is 12.1 Å². The highest BCUT2D eigenvalue weighted by Crippen LogP contribution is 2.17. The topological polar surface area (TPSA) is 64.6 Å². The average Bonchev–Trinajstić information content (AvgIpc) is 2.56. The molecule has 6 heteroatoms. The van der Waals surface area contributed by atoms with E-state index in [0.29, 0.717) is 17.0 Å². The number of methoxy groups -OCH3 is 1. The lowest BCUT2D eigenvalue weighted by Crippen LogP contribution is -2.30. The standard InChI is InChI=1S/C17H16BrNO4/c1-11(16(20)19-14-7-5-13(18)6-8-14)23-15-9-3-12(4-10-15)17(21)22-2/h3-11H,1-2H3,(H,19,20)/t11-/m1/s1. The lowest BCUT2D eigenvalue weighted by Gasteiger charge is -2.15. The summed E-state index contributed by atoms with van der Waals surface area (Å²) in [4.78, 5) is 23.5. The van der Waals surface area contributed by atoms with Crippen LogP contribution >= 0.6 is 15.9 Å². The Balaban J connectivity index is 1.95. The van der Waals surface area contributed by atoms with Crippen LogP contribution < -0.4 is 10.1 Å². The number of halogens is 1. The van der Waals surface area contributed by atoms with Crippen LogP contribution in [0.25, 0.3) is 0 Å². The predicted octanol–water partition coefficient (Wildman–Crippen LogP) is 3.64. The minimum atomic E-state index is -0.678. The van der Waals surface area contributed by atoms with Crippen molar-refractivity contribution in [2.24, 2.45) is 0 Å². The fourth-order valence-electron chi connectivity index (χ4n) is 1.82. The number of ether oxygens (including phenoxy) is 2. The van der Waals surface area contributed by atoms with Gasteiger partial charge in [-0.2, -0.15) is 0 Å². The Morgan fingerprint density at radius 1 is 1.04 bits per heavy atom. The lowest BCUT2D eigenvalue weighted by atomic mass is 10.2. The van der Waals surface area contributed by atoms with Crippen molar-refractivity contribution in [2.45, 2.75) is 13.0 Å². The Morgan fingerprint density at radius 2 is 1.65 bits per heavy atom. The molecule has 0 bridgehead atoms. The van der Waals surface area contributed by atoms with Crippen molar-refractivity contribution in [3.8, 4) is 5.75 Å². The number of nitrogens with one attached hydrogen (secondary N) is 1. The van der Waals surface area contributed by atoms with E-state index in [1.165, 1.54) is 7.11 Å². The molecule has 0 aromatic heterocycles. The van der Waals surface area contributed by atoms with Crippen LogP contribution in [0, 0.1) is 0 Å². The van der Waals surface area contributed by atoms with Crippen LogP contribution in [-0.4, -0.2) is 25.1 Å². The summed E-state index contributed by atoms with van der Waals surface area (Å²) in [7, 11) is 1.32. The molecule has 0 unspecified atom stereocenters. The van der Waals surface area contributed by atoms with Gasteiger partial charge in [0.2, 0.25) is 0 Å². The van der Waals surface area contributed by atoms with Gasteiger partial charge in [0.15, 0.2) is 6.10 Å². The van der Waals surface area contributed by atoms with Gasteiger partial charge in [0.1, 0.15) is 5.75 Å². The first-order chi connectivity index (χ1) is 11.0. The molecule has 0 aliphatic carbocycles. The SMILES string of the molecule is COC(=O)c1ccc(O[C@H](C)C(=O)Nc2ccc(Br)cc2)cc1. The number of anilines is 1. The molecule has 0 heterocycles. The molecule has 1 amide bonds. The van der Waals surface area contributed by atoms with Gasteiger partial charge >= 0.3 is 5.97 Å². The van der Waals surface area contributed by atoms with Crippen LogP contribution in [0.3, 0.4) is 0 Å². The number of benzene rings is 2. The summed E-state index contributed by atoms with van der Waals surface area (Å²) in [6, 6.07) is 13.7. The molecule has 0 radical (unpaired) electrons. The normalized spacial score (nSPS) is 11.4. The highest BCUT2D eigenvalue weighted by molar-refractivity contribution is 9.10. The largest absolute Gasteiger partial charge is 0.481 e. The first-order valence-corrected chi connectivity index (χ1v) is 7.70. The molecule has 0 aliphatic heterocycles. The first-order valence-electron chi connectivity index (χ1n) is 6.91. The molecular formula is C17H16BrNO4. The highest BCUT2D eigenvalue weighted by atomic mass is 79.9. The smallest absolute Gasteiger partial charge is 0.337 e. The Labute approximate surface area is 142 Å². The molecule has 0 fully saturated rings. The van der Waals surface area contributed by atoms with E-state index in [-0.39, 0.29) is 5.91 Å².